The Kier molecular flexibility index (Phi) is 2.58. The molecule has 0 heterocycles. The van der Waals surface area contributed by atoms with E-state index in [9.17, 15) is 0 Å². The number of rotatable bonds is 1. The third-order valence-electron chi connectivity index (χ3n) is 1.45. The summed E-state index contributed by atoms with van der Waals surface area (Å²) in [6.07, 6.45) is 7.92. The van der Waals surface area contributed by atoms with E-state index in [0.29, 0.717) is 0 Å². The number of halogens is 2. The second-order valence-corrected chi connectivity index (χ2v) is 3.25. The first-order valence-corrected chi connectivity index (χ1v) is 3.93. The van der Waals surface area contributed by atoms with Gasteiger partial charge in [-0.25, -0.2) is 0 Å². The van der Waals surface area contributed by atoms with Crippen molar-refractivity contribution in [1.82, 2.24) is 0 Å². The quantitative estimate of drug-likeness (QED) is 0.536. The van der Waals surface area contributed by atoms with E-state index in [1.807, 2.05) is 31.2 Å². The molecule has 0 bridgehead atoms. The zero-order valence-corrected chi connectivity index (χ0v) is 7.15. The van der Waals surface area contributed by atoms with Gasteiger partial charge in [-0.15, -0.1) is 23.2 Å². The summed E-state index contributed by atoms with van der Waals surface area (Å²) in [5.41, 5.74) is 2.13. The zero-order chi connectivity index (χ0) is 7.56. The largest absolute Gasteiger partial charge is 0.129 e. The van der Waals surface area contributed by atoms with Crippen LogP contribution in [0.2, 0.25) is 0 Å². The highest BCUT2D eigenvalue weighted by molar-refractivity contribution is 6.46. The molecule has 1 aliphatic carbocycles. The lowest BCUT2D eigenvalue weighted by atomic mass is 10.2. The van der Waals surface area contributed by atoms with Crippen LogP contribution in [0.1, 0.15) is 6.92 Å². The smallest absolute Gasteiger partial charge is 0.100 e. The molecule has 0 aromatic rings. The lowest BCUT2D eigenvalue weighted by Gasteiger charge is -2.02. The normalized spacial score (nSPS) is 15.4. The monoisotopic (exact) mass is 174 g/mol. The van der Waals surface area contributed by atoms with Gasteiger partial charge in [0.2, 0.25) is 0 Å². The Balaban J connectivity index is 2.85. The summed E-state index contributed by atoms with van der Waals surface area (Å²) < 4.78 is 0. The first kappa shape index (κ1) is 7.90. The van der Waals surface area contributed by atoms with Gasteiger partial charge in [0.15, 0.2) is 0 Å². The number of hydrogen-bond donors (Lipinski definition) is 0. The standard InChI is InChI=1S/C8H8Cl2/c1-6(8(9)10)7-4-2-3-5-7/h2-5,8H,1H3. The van der Waals surface area contributed by atoms with Crippen LogP contribution in [-0.2, 0) is 0 Å². The highest BCUT2D eigenvalue weighted by Crippen LogP contribution is 2.21. The Hall–Kier alpha value is -0.200. The molecule has 0 amide bonds. The van der Waals surface area contributed by atoms with E-state index in [1.54, 1.807) is 0 Å². The summed E-state index contributed by atoms with van der Waals surface area (Å²) >= 11 is 11.3. The van der Waals surface area contributed by atoms with E-state index in [4.69, 9.17) is 23.2 Å². The van der Waals surface area contributed by atoms with E-state index in [1.165, 1.54) is 0 Å². The fourth-order valence-corrected chi connectivity index (χ4v) is 1.01. The highest BCUT2D eigenvalue weighted by Gasteiger charge is 2.05. The van der Waals surface area contributed by atoms with Gasteiger partial charge < -0.3 is 0 Å². The Bertz CT molecular complexity index is 195. The van der Waals surface area contributed by atoms with Gasteiger partial charge in [-0.3, -0.25) is 0 Å². The SMILES string of the molecule is CC(=C1C=CC=C1)C(Cl)Cl. The van der Waals surface area contributed by atoms with Crippen LogP contribution in [0, 0.1) is 0 Å². The Labute approximate surface area is 70.8 Å². The molecule has 0 radical (unpaired) electrons. The summed E-state index contributed by atoms with van der Waals surface area (Å²) in [4.78, 5) is -0.387. The molecule has 10 heavy (non-hydrogen) atoms. The molecule has 0 nitrogen and oxygen atoms in total. The van der Waals surface area contributed by atoms with Crippen molar-refractivity contribution in [3.05, 3.63) is 35.5 Å². The second kappa shape index (κ2) is 3.27. The van der Waals surface area contributed by atoms with Crippen LogP contribution in [-0.4, -0.2) is 4.84 Å². The van der Waals surface area contributed by atoms with Crippen molar-refractivity contribution in [2.24, 2.45) is 0 Å². The molecular formula is C8H8Cl2. The maximum Gasteiger partial charge on any atom is 0.129 e. The van der Waals surface area contributed by atoms with Crippen molar-refractivity contribution in [3.8, 4) is 0 Å². The molecule has 1 aliphatic rings. The molecule has 0 N–H and O–H groups in total. The fraction of sp³-hybridized carbons (Fsp3) is 0.250. The van der Waals surface area contributed by atoms with E-state index in [0.717, 1.165) is 11.1 Å². The molecule has 1 rings (SSSR count). The molecule has 2 heteroatoms. The van der Waals surface area contributed by atoms with Crippen molar-refractivity contribution < 1.29 is 0 Å². The van der Waals surface area contributed by atoms with Gasteiger partial charge in [0.05, 0.1) is 0 Å². The zero-order valence-electron chi connectivity index (χ0n) is 5.64. The lowest BCUT2D eigenvalue weighted by molar-refractivity contribution is 1.29. The minimum absolute atomic E-state index is 0.387. The molecule has 0 spiro atoms. The number of hydrogen-bond acceptors (Lipinski definition) is 0. The van der Waals surface area contributed by atoms with Gasteiger partial charge >= 0.3 is 0 Å². The van der Waals surface area contributed by atoms with Crippen LogP contribution in [0.5, 0.6) is 0 Å². The van der Waals surface area contributed by atoms with Crippen LogP contribution >= 0.6 is 23.2 Å². The van der Waals surface area contributed by atoms with E-state index < -0.39 is 0 Å². The molecule has 0 aromatic heterocycles. The molecule has 54 valence electrons. The van der Waals surface area contributed by atoms with Gasteiger partial charge in [-0.2, -0.15) is 0 Å². The predicted molar refractivity (Wildman–Crippen MR) is 46.5 cm³/mol. The summed E-state index contributed by atoms with van der Waals surface area (Å²) in [5, 5.41) is 0. The average Bonchev–Trinajstić information content (AvgIpc) is 2.36. The van der Waals surface area contributed by atoms with Crippen LogP contribution in [0.4, 0.5) is 0 Å². The maximum atomic E-state index is 5.65. The van der Waals surface area contributed by atoms with Gasteiger partial charge in [0, 0.05) is 0 Å². The minimum Gasteiger partial charge on any atom is -0.100 e. The van der Waals surface area contributed by atoms with Gasteiger partial charge in [0.1, 0.15) is 4.84 Å². The van der Waals surface area contributed by atoms with Crippen molar-refractivity contribution in [1.29, 1.82) is 0 Å². The van der Waals surface area contributed by atoms with E-state index in [2.05, 4.69) is 0 Å². The summed E-state index contributed by atoms with van der Waals surface area (Å²) in [6.45, 7) is 1.93. The number of allylic oxidation sites excluding steroid dienone is 6. The van der Waals surface area contributed by atoms with Crippen LogP contribution in [0.25, 0.3) is 0 Å². The fourth-order valence-electron chi connectivity index (χ4n) is 0.763. The molecular weight excluding hydrogens is 167 g/mol. The Morgan fingerprint density at radius 1 is 1.30 bits per heavy atom. The van der Waals surface area contributed by atoms with Crippen molar-refractivity contribution in [2.75, 3.05) is 0 Å². The minimum atomic E-state index is -0.387. The summed E-state index contributed by atoms with van der Waals surface area (Å²) in [5.74, 6) is 0. The Morgan fingerprint density at radius 2 is 1.80 bits per heavy atom. The lowest BCUT2D eigenvalue weighted by Crippen LogP contribution is -1.90. The van der Waals surface area contributed by atoms with Crippen LogP contribution in [0.15, 0.2) is 35.5 Å². The molecule has 0 saturated carbocycles. The van der Waals surface area contributed by atoms with Crippen molar-refractivity contribution in [2.45, 2.75) is 11.8 Å². The summed E-state index contributed by atoms with van der Waals surface area (Å²) in [7, 11) is 0. The average molecular weight is 175 g/mol. The molecule has 0 unspecified atom stereocenters. The molecule has 0 saturated heterocycles. The molecule has 0 fully saturated rings. The van der Waals surface area contributed by atoms with E-state index in [-0.39, 0.29) is 4.84 Å². The van der Waals surface area contributed by atoms with Crippen molar-refractivity contribution in [3.63, 3.8) is 0 Å². The molecule has 0 aliphatic heterocycles. The first-order valence-electron chi connectivity index (χ1n) is 3.05. The van der Waals surface area contributed by atoms with Crippen LogP contribution < -0.4 is 0 Å². The third-order valence-corrected chi connectivity index (χ3v) is 2.10. The molecule has 0 aromatic carbocycles. The highest BCUT2D eigenvalue weighted by atomic mass is 35.5. The molecule has 0 atom stereocenters. The Morgan fingerprint density at radius 3 is 2.20 bits per heavy atom. The maximum absolute atomic E-state index is 5.65. The van der Waals surface area contributed by atoms with Gasteiger partial charge in [-0.05, 0) is 18.1 Å². The third kappa shape index (κ3) is 1.65. The van der Waals surface area contributed by atoms with Crippen molar-refractivity contribution >= 4 is 23.2 Å². The van der Waals surface area contributed by atoms with E-state index >= 15 is 0 Å². The summed E-state index contributed by atoms with van der Waals surface area (Å²) in [6, 6.07) is 0. The topological polar surface area (TPSA) is 0 Å². The first-order chi connectivity index (χ1) is 4.72. The second-order valence-electron chi connectivity index (χ2n) is 2.16. The van der Waals surface area contributed by atoms with Crippen LogP contribution in [0.3, 0.4) is 0 Å². The number of alkyl halides is 2. The van der Waals surface area contributed by atoms with Gasteiger partial charge in [0.25, 0.3) is 0 Å². The van der Waals surface area contributed by atoms with Gasteiger partial charge in [-0.1, -0.05) is 24.3 Å². The predicted octanol–water partition coefficient (Wildman–Crippen LogP) is 3.23.